The highest BCUT2D eigenvalue weighted by atomic mass is 35.5. The summed E-state index contributed by atoms with van der Waals surface area (Å²) in [7, 11) is 0. The average molecular weight is 611 g/mol. The first-order valence-electron chi connectivity index (χ1n) is 14.5. The van der Waals surface area contributed by atoms with Crippen LogP contribution in [0.5, 0.6) is 0 Å². The Hall–Kier alpha value is -2.10. The van der Waals surface area contributed by atoms with Crippen molar-refractivity contribution in [2.45, 2.75) is 74.7 Å². The minimum absolute atomic E-state index is 0.0105. The third-order valence-corrected chi connectivity index (χ3v) is 9.16. The van der Waals surface area contributed by atoms with Gasteiger partial charge >= 0.3 is 5.51 Å². The Balaban J connectivity index is 1.16. The molecular formula is C31H42ClF3N4OS. The van der Waals surface area contributed by atoms with Gasteiger partial charge in [0.25, 0.3) is 0 Å². The van der Waals surface area contributed by atoms with E-state index >= 15 is 0 Å². The number of anilines is 2. The maximum Gasteiger partial charge on any atom is 0.446 e. The van der Waals surface area contributed by atoms with Gasteiger partial charge in [-0.05, 0) is 91.8 Å². The minimum atomic E-state index is -4.39. The van der Waals surface area contributed by atoms with Gasteiger partial charge in [0.15, 0.2) is 0 Å². The molecule has 2 aromatic rings. The molecule has 5 nitrogen and oxygen atoms in total. The molecule has 41 heavy (non-hydrogen) atoms. The number of benzene rings is 2. The highest BCUT2D eigenvalue weighted by molar-refractivity contribution is 8.00. The lowest BCUT2D eigenvalue weighted by Gasteiger charge is -2.33. The molecule has 0 saturated carbocycles. The molecule has 0 unspecified atom stereocenters. The number of carbonyl (C=O) groups excluding carboxylic acids is 1. The number of alkyl halides is 3. The maximum atomic E-state index is 12.9. The van der Waals surface area contributed by atoms with E-state index in [1.165, 1.54) is 23.4 Å². The van der Waals surface area contributed by atoms with Crippen molar-refractivity contribution in [3.63, 3.8) is 0 Å². The van der Waals surface area contributed by atoms with E-state index in [-0.39, 0.29) is 39.0 Å². The molecule has 2 aliphatic rings. The van der Waals surface area contributed by atoms with Crippen LogP contribution in [0.1, 0.15) is 58.4 Å². The number of carbonyl (C=O) groups is 1. The van der Waals surface area contributed by atoms with E-state index in [2.05, 4.69) is 60.2 Å². The number of rotatable bonds is 8. The summed E-state index contributed by atoms with van der Waals surface area (Å²) in [5, 5.41) is 3.41. The van der Waals surface area contributed by atoms with E-state index in [0.29, 0.717) is 25.2 Å². The summed E-state index contributed by atoms with van der Waals surface area (Å²) in [6, 6.07) is 13.7. The van der Waals surface area contributed by atoms with Crippen LogP contribution in [0.2, 0.25) is 5.02 Å². The molecule has 1 amide bonds. The van der Waals surface area contributed by atoms with Gasteiger partial charge in [-0.3, -0.25) is 4.79 Å². The zero-order valence-corrected chi connectivity index (χ0v) is 25.8. The van der Waals surface area contributed by atoms with E-state index < -0.39 is 5.51 Å². The number of piperidine rings is 1. The predicted molar refractivity (Wildman–Crippen MR) is 164 cm³/mol. The summed E-state index contributed by atoms with van der Waals surface area (Å²) >= 11 is 5.75. The smallest absolute Gasteiger partial charge is 0.382 e. The van der Waals surface area contributed by atoms with E-state index in [4.69, 9.17) is 11.6 Å². The topological polar surface area (TPSA) is 38.8 Å². The zero-order chi connectivity index (χ0) is 29.6. The lowest BCUT2D eigenvalue weighted by Crippen LogP contribution is -2.42. The van der Waals surface area contributed by atoms with Crippen molar-refractivity contribution in [3.05, 3.63) is 53.1 Å². The molecule has 0 radical (unpaired) electrons. The molecule has 1 N–H and O–H groups in total. The van der Waals surface area contributed by atoms with E-state index in [1.807, 2.05) is 4.90 Å². The van der Waals surface area contributed by atoms with Gasteiger partial charge in [0.2, 0.25) is 5.91 Å². The van der Waals surface area contributed by atoms with Gasteiger partial charge in [-0.15, -0.1) is 0 Å². The average Bonchev–Trinajstić information content (AvgIpc) is 3.15. The molecule has 0 spiro atoms. The Morgan fingerprint density at radius 1 is 0.976 bits per heavy atom. The highest BCUT2D eigenvalue weighted by Gasteiger charge is 2.31. The first-order valence-corrected chi connectivity index (χ1v) is 15.7. The summed E-state index contributed by atoms with van der Waals surface area (Å²) in [6.45, 7) is 13.0. The van der Waals surface area contributed by atoms with Crippen molar-refractivity contribution in [2.24, 2.45) is 0 Å². The van der Waals surface area contributed by atoms with Crippen LogP contribution in [-0.2, 0) is 10.2 Å². The molecule has 0 atom stereocenters. The summed E-state index contributed by atoms with van der Waals surface area (Å²) < 4.78 is 38.4. The molecule has 4 rings (SSSR count). The molecule has 2 fully saturated rings. The Bertz CT molecular complexity index is 1150. The second kappa shape index (κ2) is 13.9. The SMILES string of the molecule is CC(C)(C)c1ccc(N2CCCN(CCCC(=O)N3CCC(Nc4ccc(Cl)c(SC(F)(F)F)c4)CC3)CC2)cc1. The van der Waals surface area contributed by atoms with Crippen LogP contribution in [0.25, 0.3) is 0 Å². The monoisotopic (exact) mass is 610 g/mol. The molecule has 2 heterocycles. The highest BCUT2D eigenvalue weighted by Crippen LogP contribution is 2.41. The number of hydrogen-bond acceptors (Lipinski definition) is 5. The van der Waals surface area contributed by atoms with Crippen LogP contribution < -0.4 is 10.2 Å². The quantitative estimate of drug-likeness (QED) is 0.311. The molecule has 2 aliphatic heterocycles. The minimum Gasteiger partial charge on any atom is -0.382 e. The van der Waals surface area contributed by atoms with Crippen LogP contribution in [0.3, 0.4) is 0 Å². The summed E-state index contributed by atoms with van der Waals surface area (Å²) in [4.78, 5) is 19.7. The standard InChI is InChI=1S/C31H42ClF3N4OS/c1-30(2,3)23-7-10-26(11-8-23)38-17-5-16-37(20-21-38)15-4-6-29(40)39-18-13-24(14-19-39)36-25-9-12-27(32)28(22-25)41-31(33,34)35/h7-12,22,24,36H,4-6,13-21H2,1-3H3. The lowest BCUT2D eigenvalue weighted by atomic mass is 9.87. The Morgan fingerprint density at radius 3 is 2.34 bits per heavy atom. The number of hydrogen-bond donors (Lipinski definition) is 1. The fourth-order valence-corrected chi connectivity index (χ4v) is 6.38. The molecule has 2 saturated heterocycles. The molecular weight excluding hydrogens is 569 g/mol. The summed E-state index contributed by atoms with van der Waals surface area (Å²) in [6.07, 6.45) is 4.02. The van der Waals surface area contributed by atoms with Crippen LogP contribution in [0.4, 0.5) is 24.5 Å². The van der Waals surface area contributed by atoms with Gasteiger partial charge in [-0.25, -0.2) is 0 Å². The normalized spacial score (nSPS) is 17.9. The van der Waals surface area contributed by atoms with Crippen molar-refractivity contribution in [1.29, 1.82) is 0 Å². The second-order valence-electron chi connectivity index (χ2n) is 12.1. The van der Waals surface area contributed by atoms with Crippen LogP contribution in [-0.4, -0.2) is 73.1 Å². The second-order valence-corrected chi connectivity index (χ2v) is 13.6. The van der Waals surface area contributed by atoms with Crippen LogP contribution >= 0.6 is 23.4 Å². The number of amides is 1. The van der Waals surface area contributed by atoms with Crippen molar-refractivity contribution in [1.82, 2.24) is 9.80 Å². The van der Waals surface area contributed by atoms with Gasteiger partial charge in [0.1, 0.15) is 0 Å². The lowest BCUT2D eigenvalue weighted by molar-refractivity contribution is -0.132. The molecule has 0 bridgehead atoms. The van der Waals surface area contributed by atoms with Crippen LogP contribution in [0, 0.1) is 0 Å². The van der Waals surface area contributed by atoms with E-state index in [0.717, 1.165) is 58.4 Å². The van der Waals surface area contributed by atoms with Crippen molar-refractivity contribution in [2.75, 3.05) is 56.0 Å². The first kappa shape index (κ1) is 31.8. The maximum absolute atomic E-state index is 12.9. The van der Waals surface area contributed by atoms with Crippen molar-refractivity contribution < 1.29 is 18.0 Å². The Morgan fingerprint density at radius 2 is 1.68 bits per heavy atom. The predicted octanol–water partition coefficient (Wildman–Crippen LogP) is 7.64. The number of nitrogens with zero attached hydrogens (tertiary/aromatic N) is 3. The summed E-state index contributed by atoms with van der Waals surface area (Å²) in [5.41, 5.74) is -0.988. The zero-order valence-electron chi connectivity index (χ0n) is 24.3. The van der Waals surface area contributed by atoms with Crippen LogP contribution in [0.15, 0.2) is 47.4 Å². The third-order valence-electron chi connectivity index (χ3n) is 7.93. The molecule has 10 heteroatoms. The molecule has 2 aromatic carbocycles. The van der Waals surface area contributed by atoms with Crippen molar-refractivity contribution in [3.8, 4) is 0 Å². The van der Waals surface area contributed by atoms with Gasteiger partial charge in [0, 0.05) is 61.5 Å². The van der Waals surface area contributed by atoms with Gasteiger partial charge in [-0.2, -0.15) is 13.2 Å². The fourth-order valence-electron chi connectivity index (χ4n) is 5.54. The first-order chi connectivity index (χ1) is 19.4. The molecule has 226 valence electrons. The van der Waals surface area contributed by atoms with Crippen molar-refractivity contribution >= 4 is 40.6 Å². The van der Waals surface area contributed by atoms with E-state index in [9.17, 15) is 18.0 Å². The Labute approximate surface area is 251 Å². The molecule has 0 aliphatic carbocycles. The molecule has 0 aromatic heterocycles. The van der Waals surface area contributed by atoms with E-state index in [1.54, 1.807) is 6.07 Å². The largest absolute Gasteiger partial charge is 0.446 e. The number of nitrogens with one attached hydrogen (secondary N) is 1. The number of thioether (sulfide) groups is 1. The van der Waals surface area contributed by atoms with Gasteiger partial charge in [-0.1, -0.05) is 44.5 Å². The number of halogens is 4. The Kier molecular flexibility index (Phi) is 10.8. The van der Waals surface area contributed by atoms with Gasteiger partial charge in [0.05, 0.1) is 5.02 Å². The fraction of sp³-hybridized carbons (Fsp3) is 0.581. The summed E-state index contributed by atoms with van der Waals surface area (Å²) in [5.74, 6) is 0.189. The third kappa shape index (κ3) is 9.72. The number of likely N-dealkylation sites (tertiary alicyclic amines) is 1. The van der Waals surface area contributed by atoms with Gasteiger partial charge < -0.3 is 20.0 Å².